The lowest BCUT2D eigenvalue weighted by Gasteiger charge is -2.10. The van der Waals surface area contributed by atoms with Crippen molar-refractivity contribution in [3.05, 3.63) is 53.7 Å². The van der Waals surface area contributed by atoms with E-state index in [0.717, 1.165) is 0 Å². The Labute approximate surface area is 150 Å². The maximum Gasteiger partial charge on any atom is 0.471 e. The van der Waals surface area contributed by atoms with Gasteiger partial charge in [0.2, 0.25) is 5.82 Å². The molecule has 0 aliphatic heterocycles. The molecule has 2 N–H and O–H groups in total. The number of carbonyl (C=O) groups excluding carboxylic acids is 1. The predicted octanol–water partition coefficient (Wildman–Crippen LogP) is 1.95. The smallest absolute Gasteiger partial charge is 0.386 e. The summed E-state index contributed by atoms with van der Waals surface area (Å²) in [5, 5.41) is 19.8. The molecule has 0 aliphatic rings. The second-order valence-corrected chi connectivity index (χ2v) is 5.67. The second-order valence-electron chi connectivity index (χ2n) is 5.67. The molecule has 0 fully saturated rings. The minimum atomic E-state index is -4.72. The largest absolute Gasteiger partial charge is 0.471 e. The van der Waals surface area contributed by atoms with Gasteiger partial charge in [-0.3, -0.25) is 9.48 Å². The lowest BCUT2D eigenvalue weighted by Crippen LogP contribution is -2.28. The number of aliphatic hydroxyl groups is 1. The average Bonchev–Trinajstić information content (AvgIpc) is 3.28. The van der Waals surface area contributed by atoms with Gasteiger partial charge in [0.1, 0.15) is 0 Å². The van der Waals surface area contributed by atoms with Crippen molar-refractivity contribution in [3.63, 3.8) is 0 Å². The lowest BCUT2D eigenvalue weighted by molar-refractivity contribution is -0.159. The van der Waals surface area contributed by atoms with Crippen LogP contribution in [0.15, 0.2) is 41.2 Å². The van der Waals surface area contributed by atoms with E-state index in [1.54, 1.807) is 13.2 Å². The Morgan fingerprint density at radius 1 is 1.33 bits per heavy atom. The van der Waals surface area contributed by atoms with E-state index in [1.165, 1.54) is 35.1 Å². The van der Waals surface area contributed by atoms with Crippen molar-refractivity contribution in [1.29, 1.82) is 0 Å². The van der Waals surface area contributed by atoms with E-state index in [2.05, 4.69) is 25.1 Å². The first-order valence-electron chi connectivity index (χ1n) is 7.70. The number of alkyl halides is 3. The number of halogens is 3. The van der Waals surface area contributed by atoms with Gasteiger partial charge >= 0.3 is 12.1 Å². The summed E-state index contributed by atoms with van der Waals surface area (Å²) in [4.78, 5) is 15.4. The summed E-state index contributed by atoms with van der Waals surface area (Å²) in [6.45, 7) is -0.0218. The first-order chi connectivity index (χ1) is 12.7. The van der Waals surface area contributed by atoms with Crippen LogP contribution in [0.1, 0.15) is 27.9 Å². The quantitative estimate of drug-likeness (QED) is 0.700. The van der Waals surface area contributed by atoms with Crippen molar-refractivity contribution >= 4 is 5.91 Å². The predicted molar refractivity (Wildman–Crippen MR) is 85.2 cm³/mol. The van der Waals surface area contributed by atoms with Crippen LogP contribution < -0.4 is 5.32 Å². The van der Waals surface area contributed by atoms with E-state index in [0.29, 0.717) is 5.56 Å². The van der Waals surface area contributed by atoms with E-state index in [9.17, 15) is 23.1 Å². The minimum Gasteiger partial charge on any atom is -0.386 e. The third kappa shape index (κ3) is 4.31. The Balaban J connectivity index is 1.62. The lowest BCUT2D eigenvalue weighted by atomic mass is 10.1. The van der Waals surface area contributed by atoms with Crippen LogP contribution in [0, 0.1) is 0 Å². The van der Waals surface area contributed by atoms with E-state index < -0.39 is 24.1 Å². The van der Waals surface area contributed by atoms with Gasteiger partial charge in [-0.2, -0.15) is 23.3 Å². The number of benzene rings is 1. The third-order valence-corrected chi connectivity index (χ3v) is 3.64. The summed E-state index contributed by atoms with van der Waals surface area (Å²) in [6.07, 6.45) is -2.51. The minimum absolute atomic E-state index is 0.0218. The molecule has 0 saturated carbocycles. The zero-order chi connectivity index (χ0) is 19.6. The Morgan fingerprint density at radius 2 is 2.04 bits per heavy atom. The fourth-order valence-corrected chi connectivity index (χ4v) is 2.25. The van der Waals surface area contributed by atoms with Crippen molar-refractivity contribution in [1.82, 2.24) is 25.2 Å². The van der Waals surface area contributed by atoms with E-state index >= 15 is 0 Å². The molecule has 3 aromatic rings. The van der Waals surface area contributed by atoms with Crippen molar-refractivity contribution in [2.45, 2.75) is 12.3 Å². The zero-order valence-electron chi connectivity index (χ0n) is 13.9. The standard InChI is InChI=1S/C16H14F3N5O3/c1-24-8-11(6-21-24)12(25)7-20-14(26)10-4-2-9(3-5-10)13-22-15(27-23-13)16(17,18)19/h2-6,8,12,25H,7H2,1H3,(H,20,26)/t12-/m0/s1. The van der Waals surface area contributed by atoms with Gasteiger partial charge in [-0.1, -0.05) is 17.3 Å². The summed E-state index contributed by atoms with van der Waals surface area (Å²) in [5.74, 6) is -2.13. The summed E-state index contributed by atoms with van der Waals surface area (Å²) in [6, 6.07) is 5.62. The number of amides is 1. The van der Waals surface area contributed by atoms with Crippen molar-refractivity contribution in [2.24, 2.45) is 7.05 Å². The number of aryl methyl sites for hydroxylation is 1. The molecule has 3 rings (SSSR count). The van der Waals surface area contributed by atoms with Crippen molar-refractivity contribution in [2.75, 3.05) is 6.54 Å². The molecule has 0 aliphatic carbocycles. The molecule has 0 unspecified atom stereocenters. The Bertz CT molecular complexity index is 933. The second kappa shape index (κ2) is 7.19. The maximum atomic E-state index is 12.5. The molecular formula is C16H14F3N5O3. The van der Waals surface area contributed by atoms with Crippen molar-refractivity contribution in [3.8, 4) is 11.4 Å². The van der Waals surface area contributed by atoms with E-state index in [-0.39, 0.29) is 23.5 Å². The highest BCUT2D eigenvalue weighted by molar-refractivity contribution is 5.94. The Hall–Kier alpha value is -3.21. The monoisotopic (exact) mass is 381 g/mol. The van der Waals surface area contributed by atoms with Gasteiger partial charge in [-0.15, -0.1) is 0 Å². The SMILES string of the molecule is Cn1cc([C@@H](O)CNC(=O)c2ccc(-c3noc(C(F)(F)F)n3)cc2)cn1. The van der Waals surface area contributed by atoms with E-state index in [1.807, 2.05) is 0 Å². The van der Waals surface area contributed by atoms with Crippen molar-refractivity contribution < 1.29 is 27.6 Å². The normalized spacial score (nSPS) is 12.8. The van der Waals surface area contributed by atoms with Gasteiger partial charge < -0.3 is 14.9 Å². The highest BCUT2D eigenvalue weighted by atomic mass is 19.4. The number of nitrogens with zero attached hydrogens (tertiary/aromatic N) is 4. The molecule has 0 spiro atoms. The number of hydrogen-bond acceptors (Lipinski definition) is 6. The molecule has 8 nitrogen and oxygen atoms in total. The molecule has 27 heavy (non-hydrogen) atoms. The molecule has 1 atom stereocenters. The van der Waals surface area contributed by atoms with Crippen LogP contribution in [0.25, 0.3) is 11.4 Å². The highest BCUT2D eigenvalue weighted by Crippen LogP contribution is 2.29. The van der Waals surface area contributed by atoms with Crippen LogP contribution in [0.5, 0.6) is 0 Å². The summed E-state index contributed by atoms with van der Waals surface area (Å²) in [5.41, 5.74) is 1.09. The molecule has 11 heteroatoms. The average molecular weight is 381 g/mol. The molecule has 142 valence electrons. The number of aliphatic hydroxyl groups excluding tert-OH is 1. The molecular weight excluding hydrogens is 367 g/mol. The van der Waals surface area contributed by atoms with E-state index in [4.69, 9.17) is 0 Å². The Morgan fingerprint density at radius 3 is 2.59 bits per heavy atom. The number of aromatic nitrogens is 4. The van der Waals surface area contributed by atoms with Crippen LogP contribution >= 0.6 is 0 Å². The number of carbonyl (C=O) groups is 1. The summed E-state index contributed by atoms with van der Waals surface area (Å²) >= 11 is 0. The number of nitrogens with one attached hydrogen (secondary N) is 1. The summed E-state index contributed by atoms with van der Waals surface area (Å²) in [7, 11) is 1.71. The maximum absolute atomic E-state index is 12.5. The van der Waals surface area contributed by atoms with Gasteiger partial charge in [0.25, 0.3) is 5.91 Å². The molecule has 0 radical (unpaired) electrons. The van der Waals surface area contributed by atoms with Crippen LogP contribution in [0.3, 0.4) is 0 Å². The third-order valence-electron chi connectivity index (χ3n) is 3.64. The number of hydrogen-bond donors (Lipinski definition) is 2. The summed E-state index contributed by atoms with van der Waals surface area (Å²) < 4.78 is 43.2. The van der Waals surface area contributed by atoms with Gasteiger partial charge in [0.05, 0.1) is 12.3 Å². The zero-order valence-corrected chi connectivity index (χ0v) is 13.9. The molecule has 1 amide bonds. The van der Waals surface area contributed by atoms with Gasteiger partial charge in [0.15, 0.2) is 0 Å². The van der Waals surface area contributed by atoms with Crippen LogP contribution in [0.2, 0.25) is 0 Å². The fraction of sp³-hybridized carbons (Fsp3) is 0.250. The fourth-order valence-electron chi connectivity index (χ4n) is 2.25. The number of rotatable bonds is 5. The first kappa shape index (κ1) is 18.6. The van der Waals surface area contributed by atoms with Gasteiger partial charge in [-0.05, 0) is 12.1 Å². The van der Waals surface area contributed by atoms with Crippen LogP contribution in [-0.4, -0.2) is 37.5 Å². The van der Waals surface area contributed by atoms with Crippen LogP contribution in [-0.2, 0) is 13.2 Å². The van der Waals surface area contributed by atoms with Gasteiger partial charge in [0, 0.05) is 36.5 Å². The Kier molecular flexibility index (Phi) is 4.95. The first-order valence-corrected chi connectivity index (χ1v) is 7.70. The molecule has 0 bridgehead atoms. The molecule has 2 heterocycles. The molecule has 0 saturated heterocycles. The van der Waals surface area contributed by atoms with Gasteiger partial charge in [-0.25, -0.2) is 0 Å². The molecule has 2 aromatic heterocycles. The molecule has 1 aromatic carbocycles. The topological polar surface area (TPSA) is 106 Å². The van der Waals surface area contributed by atoms with Crippen LogP contribution in [0.4, 0.5) is 13.2 Å². The highest BCUT2D eigenvalue weighted by Gasteiger charge is 2.38.